The van der Waals surface area contributed by atoms with Crippen molar-refractivity contribution in [2.75, 3.05) is 26.7 Å². The third kappa shape index (κ3) is 3.59. The van der Waals surface area contributed by atoms with Crippen LogP contribution in [0.5, 0.6) is 5.75 Å². The molecule has 1 aromatic rings. The zero-order chi connectivity index (χ0) is 17.2. The molecule has 3 aliphatic rings. The molecule has 4 rings (SSSR count). The first-order valence-corrected chi connectivity index (χ1v) is 10.6. The molecule has 0 spiro atoms. The molecule has 0 aromatic heterocycles. The summed E-state index contributed by atoms with van der Waals surface area (Å²) in [5, 5.41) is 0. The predicted octanol–water partition coefficient (Wildman–Crippen LogP) is 1.40. The van der Waals surface area contributed by atoms with E-state index in [2.05, 4.69) is 25.1 Å². The van der Waals surface area contributed by atoms with Crippen LogP contribution in [-0.2, 0) is 6.54 Å². The Morgan fingerprint density at radius 3 is 2.60 bits per heavy atom. The number of fused-ring (bicyclic) bond motifs is 1. The van der Waals surface area contributed by atoms with Gasteiger partial charge in [0.2, 0.25) is 0 Å². The lowest BCUT2D eigenvalue weighted by Crippen LogP contribution is -3.32. The number of hydrogen-bond acceptors (Lipinski definition) is 1. The lowest BCUT2D eigenvalue weighted by molar-refractivity contribution is -1.05. The molecule has 3 fully saturated rings. The largest absolute Gasteiger partial charge is 0.496 e. The molecule has 2 unspecified atom stereocenters. The van der Waals surface area contributed by atoms with Gasteiger partial charge in [0.15, 0.2) is 0 Å². The van der Waals surface area contributed by atoms with E-state index >= 15 is 0 Å². The lowest BCUT2D eigenvalue weighted by Gasteiger charge is -2.44. The monoisotopic (exact) mass is 344 g/mol. The van der Waals surface area contributed by atoms with E-state index in [0.717, 1.165) is 23.8 Å². The van der Waals surface area contributed by atoms with Crippen molar-refractivity contribution in [3.05, 3.63) is 29.3 Å². The van der Waals surface area contributed by atoms with Gasteiger partial charge in [0, 0.05) is 24.3 Å². The highest BCUT2D eigenvalue weighted by Crippen LogP contribution is 2.28. The normalized spacial score (nSPS) is 33.2. The van der Waals surface area contributed by atoms with Crippen molar-refractivity contribution in [3.8, 4) is 5.75 Å². The number of ether oxygens (including phenoxy) is 1. The number of hydrogen-bond donors (Lipinski definition) is 2. The summed E-state index contributed by atoms with van der Waals surface area (Å²) in [5.41, 5.74) is 2.77. The summed E-state index contributed by atoms with van der Waals surface area (Å²) in [4.78, 5) is 3.82. The van der Waals surface area contributed by atoms with Crippen LogP contribution >= 0.6 is 0 Å². The first-order valence-electron chi connectivity index (χ1n) is 10.6. The standard InChI is InChI=1S/C22H34N2O/c1-17-15-18(10-11-21(17)25-2)16-24-14-13-23-12-6-9-20(23)22(24)19-7-4-3-5-8-19/h10-11,15,19-20,22H,3-9,12-14,16H2,1-2H3/p+2/t20-,22+/m1/s1. The van der Waals surface area contributed by atoms with Crippen LogP contribution in [0.3, 0.4) is 0 Å². The Balaban J connectivity index is 1.54. The molecule has 1 saturated carbocycles. The van der Waals surface area contributed by atoms with Crippen LogP contribution in [0.4, 0.5) is 0 Å². The van der Waals surface area contributed by atoms with Crippen LogP contribution in [-0.4, -0.2) is 38.8 Å². The van der Waals surface area contributed by atoms with Crippen molar-refractivity contribution in [2.45, 2.75) is 70.5 Å². The molecule has 4 atom stereocenters. The Bertz CT molecular complexity index is 581. The maximum absolute atomic E-state index is 5.45. The summed E-state index contributed by atoms with van der Waals surface area (Å²) >= 11 is 0. The highest BCUT2D eigenvalue weighted by molar-refractivity contribution is 5.35. The van der Waals surface area contributed by atoms with Gasteiger partial charge in [-0.3, -0.25) is 0 Å². The second-order valence-corrected chi connectivity index (χ2v) is 8.72. The topological polar surface area (TPSA) is 18.1 Å². The Kier molecular flexibility index (Phi) is 5.33. The highest BCUT2D eigenvalue weighted by Gasteiger charge is 2.49. The minimum atomic E-state index is 0.897. The molecule has 2 saturated heterocycles. The van der Waals surface area contributed by atoms with Gasteiger partial charge in [-0.15, -0.1) is 0 Å². The zero-order valence-electron chi connectivity index (χ0n) is 16.2. The van der Waals surface area contributed by atoms with Gasteiger partial charge in [-0.05, 0) is 43.5 Å². The molecule has 0 bridgehead atoms. The number of piperazine rings is 1. The SMILES string of the molecule is COc1ccc(C[NH+]2CC[NH+]3CCC[C@@H]3[C@@H]2C2CCCCC2)cc1C. The summed E-state index contributed by atoms with van der Waals surface area (Å²) in [7, 11) is 1.77. The molecule has 1 aliphatic carbocycles. The molecular weight excluding hydrogens is 308 g/mol. The molecule has 2 heterocycles. The van der Waals surface area contributed by atoms with Crippen LogP contribution < -0.4 is 14.5 Å². The maximum Gasteiger partial charge on any atom is 0.143 e. The second-order valence-electron chi connectivity index (χ2n) is 8.72. The fourth-order valence-electron chi connectivity index (χ4n) is 6.13. The van der Waals surface area contributed by atoms with Gasteiger partial charge >= 0.3 is 0 Å². The van der Waals surface area contributed by atoms with Gasteiger partial charge < -0.3 is 14.5 Å². The fraction of sp³-hybridized carbons (Fsp3) is 0.727. The number of benzene rings is 1. The van der Waals surface area contributed by atoms with Crippen molar-refractivity contribution < 1.29 is 14.5 Å². The summed E-state index contributed by atoms with van der Waals surface area (Å²) in [6.45, 7) is 7.56. The number of quaternary nitrogens is 2. The van der Waals surface area contributed by atoms with E-state index in [9.17, 15) is 0 Å². The van der Waals surface area contributed by atoms with Crippen molar-refractivity contribution >= 4 is 0 Å². The summed E-state index contributed by atoms with van der Waals surface area (Å²) < 4.78 is 5.45. The van der Waals surface area contributed by atoms with E-state index in [0.29, 0.717) is 0 Å². The van der Waals surface area contributed by atoms with Gasteiger partial charge in [-0.2, -0.15) is 0 Å². The zero-order valence-corrected chi connectivity index (χ0v) is 16.2. The minimum absolute atomic E-state index is 0.897. The van der Waals surface area contributed by atoms with E-state index in [1.165, 1.54) is 82.3 Å². The highest BCUT2D eigenvalue weighted by atomic mass is 16.5. The molecule has 1 aromatic carbocycles. The Morgan fingerprint density at radius 2 is 1.84 bits per heavy atom. The number of methoxy groups -OCH3 is 1. The van der Waals surface area contributed by atoms with E-state index in [1.807, 2.05) is 9.80 Å². The summed E-state index contributed by atoms with van der Waals surface area (Å²) in [6, 6.07) is 8.65. The van der Waals surface area contributed by atoms with Gasteiger partial charge in [0.05, 0.1) is 13.7 Å². The molecule has 2 N–H and O–H groups in total. The van der Waals surface area contributed by atoms with Crippen LogP contribution in [0, 0.1) is 12.8 Å². The quantitative estimate of drug-likeness (QED) is 0.845. The molecule has 0 radical (unpaired) electrons. The summed E-state index contributed by atoms with van der Waals surface area (Å²) in [6.07, 6.45) is 10.3. The molecule has 2 aliphatic heterocycles. The number of rotatable bonds is 4. The van der Waals surface area contributed by atoms with Gasteiger partial charge in [-0.1, -0.05) is 19.3 Å². The van der Waals surface area contributed by atoms with Gasteiger partial charge in [-0.25, -0.2) is 0 Å². The molecular formula is C22H36N2O+2. The van der Waals surface area contributed by atoms with Crippen LogP contribution in [0.15, 0.2) is 18.2 Å². The fourth-order valence-corrected chi connectivity index (χ4v) is 6.13. The summed E-state index contributed by atoms with van der Waals surface area (Å²) in [5.74, 6) is 1.99. The van der Waals surface area contributed by atoms with Crippen molar-refractivity contribution in [1.29, 1.82) is 0 Å². The Labute approximate surface area is 153 Å². The smallest absolute Gasteiger partial charge is 0.143 e. The average Bonchev–Trinajstić information content (AvgIpc) is 3.11. The molecule has 138 valence electrons. The van der Waals surface area contributed by atoms with E-state index in [4.69, 9.17) is 4.74 Å². The Morgan fingerprint density at radius 1 is 1.00 bits per heavy atom. The van der Waals surface area contributed by atoms with Gasteiger partial charge in [0.25, 0.3) is 0 Å². The first-order chi connectivity index (χ1) is 12.3. The van der Waals surface area contributed by atoms with Crippen molar-refractivity contribution in [3.63, 3.8) is 0 Å². The average molecular weight is 345 g/mol. The molecule has 3 nitrogen and oxygen atoms in total. The molecule has 25 heavy (non-hydrogen) atoms. The van der Waals surface area contributed by atoms with Crippen LogP contribution in [0.25, 0.3) is 0 Å². The van der Waals surface area contributed by atoms with Crippen LogP contribution in [0.2, 0.25) is 0 Å². The van der Waals surface area contributed by atoms with Crippen LogP contribution in [0.1, 0.15) is 56.1 Å². The number of nitrogens with one attached hydrogen (secondary N) is 2. The second kappa shape index (κ2) is 7.67. The lowest BCUT2D eigenvalue weighted by atomic mass is 9.78. The minimum Gasteiger partial charge on any atom is -0.496 e. The number of aryl methyl sites for hydroxylation is 1. The molecule has 3 heteroatoms. The van der Waals surface area contributed by atoms with E-state index in [1.54, 1.807) is 7.11 Å². The van der Waals surface area contributed by atoms with Gasteiger partial charge in [0.1, 0.15) is 37.5 Å². The maximum atomic E-state index is 5.45. The third-order valence-electron chi connectivity index (χ3n) is 7.26. The molecule has 0 amide bonds. The van der Waals surface area contributed by atoms with E-state index < -0.39 is 0 Å². The third-order valence-corrected chi connectivity index (χ3v) is 7.26. The first kappa shape index (κ1) is 17.4. The van der Waals surface area contributed by atoms with E-state index in [-0.39, 0.29) is 0 Å². The van der Waals surface area contributed by atoms with Crippen molar-refractivity contribution in [2.24, 2.45) is 5.92 Å². The van der Waals surface area contributed by atoms with Crippen molar-refractivity contribution in [1.82, 2.24) is 0 Å². The predicted molar refractivity (Wildman–Crippen MR) is 101 cm³/mol. The Hall–Kier alpha value is -1.06.